The highest BCUT2D eigenvalue weighted by Crippen LogP contribution is 2.14. The van der Waals surface area contributed by atoms with Crippen LogP contribution in [0.4, 0.5) is 10.6 Å². The molecular formula is C10H16N2O3. The van der Waals surface area contributed by atoms with Crippen LogP contribution in [0.25, 0.3) is 0 Å². The fraction of sp³-hybridized carbons (Fsp3) is 0.500. The largest absolute Gasteiger partial charge is 0.443 e. The smallest absolute Gasteiger partial charge is 0.420 e. The molecular weight excluding hydrogens is 196 g/mol. The SMILES string of the molecule is CONc1cccn1C(=O)OC(C)(C)C. The third-order valence-electron chi connectivity index (χ3n) is 1.55. The Labute approximate surface area is 88.9 Å². The summed E-state index contributed by atoms with van der Waals surface area (Å²) in [6.07, 6.45) is 1.17. The average molecular weight is 212 g/mol. The second-order valence-corrected chi connectivity index (χ2v) is 4.05. The molecule has 0 atom stereocenters. The number of hydrogen-bond acceptors (Lipinski definition) is 4. The van der Waals surface area contributed by atoms with E-state index in [-0.39, 0.29) is 0 Å². The zero-order valence-corrected chi connectivity index (χ0v) is 9.40. The van der Waals surface area contributed by atoms with Crippen LogP contribution >= 0.6 is 0 Å². The number of nitrogens with one attached hydrogen (secondary N) is 1. The van der Waals surface area contributed by atoms with Crippen molar-refractivity contribution in [3.05, 3.63) is 18.3 Å². The summed E-state index contributed by atoms with van der Waals surface area (Å²) in [7, 11) is 1.48. The van der Waals surface area contributed by atoms with Crippen LogP contribution in [0, 0.1) is 0 Å². The van der Waals surface area contributed by atoms with Crippen molar-refractivity contribution < 1.29 is 14.4 Å². The highest BCUT2D eigenvalue weighted by Gasteiger charge is 2.18. The first-order valence-electron chi connectivity index (χ1n) is 4.64. The highest BCUT2D eigenvalue weighted by atomic mass is 16.6. The summed E-state index contributed by atoms with van der Waals surface area (Å²) in [5.41, 5.74) is 2.08. The molecule has 1 rings (SSSR count). The fourth-order valence-corrected chi connectivity index (χ4v) is 1.04. The van der Waals surface area contributed by atoms with Gasteiger partial charge >= 0.3 is 6.09 Å². The molecule has 0 spiro atoms. The second-order valence-electron chi connectivity index (χ2n) is 4.05. The van der Waals surface area contributed by atoms with Crippen molar-refractivity contribution in [3.8, 4) is 0 Å². The lowest BCUT2D eigenvalue weighted by Gasteiger charge is -2.20. The van der Waals surface area contributed by atoms with Gasteiger partial charge in [-0.05, 0) is 32.9 Å². The molecule has 5 heteroatoms. The lowest BCUT2D eigenvalue weighted by atomic mass is 10.2. The predicted molar refractivity (Wildman–Crippen MR) is 56.7 cm³/mol. The van der Waals surface area contributed by atoms with Crippen LogP contribution < -0.4 is 5.48 Å². The summed E-state index contributed by atoms with van der Waals surface area (Å²) in [5, 5.41) is 0. The number of ether oxygens (including phenoxy) is 1. The summed E-state index contributed by atoms with van der Waals surface area (Å²) < 4.78 is 6.54. The highest BCUT2D eigenvalue weighted by molar-refractivity contribution is 5.75. The topological polar surface area (TPSA) is 52.5 Å². The van der Waals surface area contributed by atoms with E-state index in [0.717, 1.165) is 0 Å². The lowest BCUT2D eigenvalue weighted by Crippen LogP contribution is -2.27. The van der Waals surface area contributed by atoms with Gasteiger partial charge in [-0.2, -0.15) is 0 Å². The normalized spacial score (nSPS) is 11.2. The van der Waals surface area contributed by atoms with Crippen LogP contribution in [-0.4, -0.2) is 23.4 Å². The van der Waals surface area contributed by atoms with Crippen LogP contribution in [-0.2, 0) is 9.57 Å². The first-order chi connectivity index (χ1) is 6.94. The Morgan fingerprint density at radius 3 is 2.67 bits per heavy atom. The summed E-state index contributed by atoms with van der Waals surface area (Å²) in [4.78, 5) is 16.4. The van der Waals surface area contributed by atoms with Gasteiger partial charge in [0.2, 0.25) is 0 Å². The van der Waals surface area contributed by atoms with Crippen molar-refractivity contribution in [2.24, 2.45) is 0 Å². The number of hydrogen-bond donors (Lipinski definition) is 1. The maximum absolute atomic E-state index is 11.7. The molecule has 1 N–H and O–H groups in total. The molecule has 84 valence electrons. The first-order valence-corrected chi connectivity index (χ1v) is 4.64. The minimum atomic E-state index is -0.508. The Bertz CT molecular complexity index is 339. The Hall–Kier alpha value is -1.49. The minimum absolute atomic E-state index is 0.438. The van der Waals surface area contributed by atoms with E-state index in [0.29, 0.717) is 5.82 Å². The summed E-state index contributed by atoms with van der Waals surface area (Å²) in [5.74, 6) is 0.534. The van der Waals surface area contributed by atoms with Crippen molar-refractivity contribution in [2.75, 3.05) is 12.6 Å². The van der Waals surface area contributed by atoms with Crippen LogP contribution in [0.1, 0.15) is 20.8 Å². The van der Waals surface area contributed by atoms with Crippen LogP contribution in [0.3, 0.4) is 0 Å². The Morgan fingerprint density at radius 2 is 2.13 bits per heavy atom. The van der Waals surface area contributed by atoms with Crippen molar-refractivity contribution in [2.45, 2.75) is 26.4 Å². The van der Waals surface area contributed by atoms with Crippen LogP contribution in [0.2, 0.25) is 0 Å². The molecule has 0 bridgehead atoms. The van der Waals surface area contributed by atoms with E-state index >= 15 is 0 Å². The summed E-state index contributed by atoms with van der Waals surface area (Å²) in [6.45, 7) is 5.45. The van der Waals surface area contributed by atoms with Crippen LogP contribution in [0.5, 0.6) is 0 Å². The molecule has 0 aromatic carbocycles. The summed E-state index contributed by atoms with van der Waals surface area (Å²) >= 11 is 0. The molecule has 0 saturated heterocycles. The lowest BCUT2D eigenvalue weighted by molar-refractivity contribution is 0.0537. The standard InChI is InChI=1S/C10H16N2O3/c1-10(2,3)15-9(13)12-7-5-6-8(12)11-14-4/h5-7,11H,1-4H3. The van der Waals surface area contributed by atoms with E-state index in [9.17, 15) is 4.79 Å². The zero-order chi connectivity index (χ0) is 11.5. The van der Waals surface area contributed by atoms with Gasteiger partial charge in [0.15, 0.2) is 0 Å². The van der Waals surface area contributed by atoms with Gasteiger partial charge in [-0.1, -0.05) is 0 Å². The molecule has 0 amide bonds. The van der Waals surface area contributed by atoms with Gasteiger partial charge < -0.3 is 4.74 Å². The number of carbonyl (C=O) groups is 1. The Kier molecular flexibility index (Phi) is 3.36. The molecule has 15 heavy (non-hydrogen) atoms. The van der Waals surface area contributed by atoms with Gasteiger partial charge in [0.1, 0.15) is 11.4 Å². The van der Waals surface area contributed by atoms with Gasteiger partial charge in [-0.25, -0.2) is 9.36 Å². The second kappa shape index (κ2) is 4.35. The van der Waals surface area contributed by atoms with Crippen molar-refractivity contribution in [3.63, 3.8) is 0 Å². The Balaban J connectivity index is 2.77. The van der Waals surface area contributed by atoms with Crippen molar-refractivity contribution >= 4 is 11.9 Å². The molecule has 0 aliphatic heterocycles. The van der Waals surface area contributed by atoms with Crippen molar-refractivity contribution in [1.29, 1.82) is 0 Å². The van der Waals surface area contributed by atoms with Gasteiger partial charge in [0, 0.05) is 6.20 Å². The van der Waals surface area contributed by atoms with Gasteiger partial charge in [-0.15, -0.1) is 0 Å². The van der Waals surface area contributed by atoms with Crippen molar-refractivity contribution in [1.82, 2.24) is 4.57 Å². The minimum Gasteiger partial charge on any atom is -0.443 e. The molecule has 1 heterocycles. The monoisotopic (exact) mass is 212 g/mol. The maximum Gasteiger partial charge on any atom is 0.420 e. The molecule has 0 aliphatic carbocycles. The van der Waals surface area contributed by atoms with Crippen LogP contribution in [0.15, 0.2) is 18.3 Å². The van der Waals surface area contributed by atoms with Gasteiger partial charge in [0.05, 0.1) is 7.11 Å². The molecule has 0 unspecified atom stereocenters. The first kappa shape index (κ1) is 11.6. The zero-order valence-electron chi connectivity index (χ0n) is 9.40. The quantitative estimate of drug-likeness (QED) is 0.764. The van der Waals surface area contributed by atoms with Gasteiger partial charge in [-0.3, -0.25) is 10.3 Å². The van der Waals surface area contributed by atoms with E-state index < -0.39 is 11.7 Å². The summed E-state index contributed by atoms with van der Waals surface area (Å²) in [6, 6.07) is 3.44. The number of rotatable bonds is 2. The number of aromatic nitrogens is 1. The number of anilines is 1. The molecule has 1 aromatic rings. The predicted octanol–water partition coefficient (Wildman–Crippen LogP) is 2.24. The molecule has 5 nitrogen and oxygen atoms in total. The molecule has 0 radical (unpaired) electrons. The maximum atomic E-state index is 11.7. The number of nitrogens with zero attached hydrogens (tertiary/aromatic N) is 1. The van der Waals surface area contributed by atoms with E-state index in [1.807, 2.05) is 20.8 Å². The molecule has 0 saturated carbocycles. The molecule has 1 aromatic heterocycles. The van der Waals surface area contributed by atoms with E-state index in [4.69, 9.17) is 9.57 Å². The third kappa shape index (κ3) is 3.28. The van der Waals surface area contributed by atoms with E-state index in [1.54, 1.807) is 18.3 Å². The average Bonchev–Trinajstić information content (AvgIpc) is 2.49. The van der Waals surface area contributed by atoms with E-state index in [1.165, 1.54) is 11.7 Å². The van der Waals surface area contributed by atoms with E-state index in [2.05, 4.69) is 5.48 Å². The third-order valence-corrected chi connectivity index (χ3v) is 1.55. The molecule has 0 fully saturated rings. The Morgan fingerprint density at radius 1 is 1.47 bits per heavy atom. The molecule has 0 aliphatic rings. The van der Waals surface area contributed by atoms with Gasteiger partial charge in [0.25, 0.3) is 0 Å². The fourth-order valence-electron chi connectivity index (χ4n) is 1.04. The number of carbonyl (C=O) groups excluding carboxylic acids is 1.